The molecule has 0 fully saturated rings. The number of aromatic carboxylic acids is 2. The van der Waals surface area contributed by atoms with Gasteiger partial charge in [-0.05, 0) is 47.0 Å². The minimum absolute atomic E-state index is 0.0484. The van der Waals surface area contributed by atoms with Crippen molar-refractivity contribution in [2.45, 2.75) is 4.90 Å². The first-order valence-electron chi connectivity index (χ1n) is 7.96. The molecule has 7 nitrogen and oxygen atoms in total. The van der Waals surface area contributed by atoms with Gasteiger partial charge >= 0.3 is 11.9 Å². The van der Waals surface area contributed by atoms with Crippen LogP contribution in [0.3, 0.4) is 0 Å². The summed E-state index contributed by atoms with van der Waals surface area (Å²) in [6.45, 7) is 0. The van der Waals surface area contributed by atoms with E-state index in [4.69, 9.17) is 10.2 Å². The minimum Gasteiger partial charge on any atom is -0.478 e. The molecule has 0 bridgehead atoms. The average molecular weight is 398 g/mol. The molecule has 0 spiro atoms. The van der Waals surface area contributed by atoms with Crippen molar-refractivity contribution in [2.24, 2.45) is 0 Å². The van der Waals surface area contributed by atoms with E-state index < -0.39 is 22.1 Å². The Bertz CT molecular complexity index is 1160. The van der Waals surface area contributed by atoms with Gasteiger partial charge in [0.1, 0.15) is 4.90 Å². The molecular formula is C20H14O7S. The zero-order chi connectivity index (χ0) is 20.5. The summed E-state index contributed by atoms with van der Waals surface area (Å²) in [7, 11) is -4.57. The molecule has 0 aliphatic heterocycles. The Balaban J connectivity index is 2.10. The maximum absolute atomic E-state index is 11.9. The second kappa shape index (κ2) is 7.26. The highest BCUT2D eigenvalue weighted by molar-refractivity contribution is 7.86. The van der Waals surface area contributed by atoms with Gasteiger partial charge in [0.25, 0.3) is 10.1 Å². The number of carboxylic acid groups (broad SMARTS) is 2. The SMILES string of the molecule is O=C(O)c1ccc(-c2ccc(-c3ccc(C(=O)O)cc3)c(S(=O)(=O)O)c2)cc1. The Morgan fingerprint density at radius 2 is 1.07 bits per heavy atom. The van der Waals surface area contributed by atoms with Crippen molar-refractivity contribution in [3.8, 4) is 22.3 Å². The van der Waals surface area contributed by atoms with E-state index in [-0.39, 0.29) is 21.6 Å². The molecule has 0 heterocycles. The summed E-state index contributed by atoms with van der Waals surface area (Å²) in [5.41, 5.74) is 1.81. The first-order valence-corrected chi connectivity index (χ1v) is 9.40. The van der Waals surface area contributed by atoms with Crippen LogP contribution in [-0.2, 0) is 10.1 Å². The highest BCUT2D eigenvalue weighted by Gasteiger charge is 2.18. The Labute approximate surface area is 160 Å². The van der Waals surface area contributed by atoms with Gasteiger partial charge in [-0.15, -0.1) is 0 Å². The van der Waals surface area contributed by atoms with E-state index >= 15 is 0 Å². The molecule has 0 unspecified atom stereocenters. The second-order valence-corrected chi connectivity index (χ2v) is 7.34. The van der Waals surface area contributed by atoms with Gasteiger partial charge in [0.2, 0.25) is 0 Å². The number of rotatable bonds is 5. The van der Waals surface area contributed by atoms with Crippen molar-refractivity contribution in [2.75, 3.05) is 0 Å². The lowest BCUT2D eigenvalue weighted by Gasteiger charge is -2.11. The molecule has 0 aromatic heterocycles. The largest absolute Gasteiger partial charge is 0.478 e. The normalized spacial score (nSPS) is 11.2. The average Bonchev–Trinajstić information content (AvgIpc) is 2.67. The molecule has 3 aromatic rings. The van der Waals surface area contributed by atoms with Crippen molar-refractivity contribution in [1.29, 1.82) is 0 Å². The van der Waals surface area contributed by atoms with Crippen molar-refractivity contribution < 1.29 is 32.8 Å². The maximum atomic E-state index is 11.9. The van der Waals surface area contributed by atoms with E-state index in [1.54, 1.807) is 6.07 Å². The Hall–Kier alpha value is -3.49. The Kier molecular flexibility index (Phi) is 5.00. The van der Waals surface area contributed by atoms with Crippen LogP contribution in [0.5, 0.6) is 0 Å². The molecule has 3 N–H and O–H groups in total. The van der Waals surface area contributed by atoms with E-state index in [9.17, 15) is 22.6 Å². The van der Waals surface area contributed by atoms with E-state index in [0.717, 1.165) is 0 Å². The standard InChI is InChI=1S/C20H14O7S/c21-19(22)14-5-1-12(2-6-14)16-9-10-17(18(11-16)28(25,26)27)13-3-7-15(8-4-13)20(23)24/h1-11H,(H,21,22)(H,23,24)(H,25,26,27). The fraction of sp³-hybridized carbons (Fsp3) is 0. The van der Waals surface area contributed by atoms with Crippen LogP contribution < -0.4 is 0 Å². The maximum Gasteiger partial charge on any atom is 0.335 e. The van der Waals surface area contributed by atoms with Crippen LogP contribution in [0.1, 0.15) is 20.7 Å². The topological polar surface area (TPSA) is 129 Å². The predicted octanol–water partition coefficient (Wildman–Crippen LogP) is 3.66. The number of benzene rings is 3. The minimum atomic E-state index is -4.57. The molecule has 0 saturated carbocycles. The van der Waals surface area contributed by atoms with Gasteiger partial charge in [-0.2, -0.15) is 8.42 Å². The van der Waals surface area contributed by atoms with Crippen LogP contribution >= 0.6 is 0 Å². The van der Waals surface area contributed by atoms with Gasteiger partial charge in [-0.3, -0.25) is 4.55 Å². The van der Waals surface area contributed by atoms with Crippen LogP contribution in [0.25, 0.3) is 22.3 Å². The number of hydrogen-bond acceptors (Lipinski definition) is 4. The zero-order valence-corrected chi connectivity index (χ0v) is 15.1. The lowest BCUT2D eigenvalue weighted by Crippen LogP contribution is -2.02. The highest BCUT2D eigenvalue weighted by atomic mass is 32.2. The van der Waals surface area contributed by atoms with Gasteiger partial charge in [-0.1, -0.05) is 36.4 Å². The summed E-state index contributed by atoms with van der Waals surface area (Å²) in [5.74, 6) is -2.19. The third-order valence-corrected chi connectivity index (χ3v) is 5.06. The Morgan fingerprint density at radius 1 is 0.643 bits per heavy atom. The van der Waals surface area contributed by atoms with Crippen LogP contribution in [0.15, 0.2) is 71.6 Å². The first-order chi connectivity index (χ1) is 13.2. The molecule has 8 heteroatoms. The summed E-state index contributed by atoms with van der Waals surface area (Å²) in [6.07, 6.45) is 0. The molecule has 0 saturated heterocycles. The second-order valence-electron chi connectivity index (χ2n) is 5.95. The molecule has 0 radical (unpaired) electrons. The van der Waals surface area contributed by atoms with Crippen molar-refractivity contribution in [1.82, 2.24) is 0 Å². The molecule has 3 aromatic carbocycles. The van der Waals surface area contributed by atoms with Crippen LogP contribution in [-0.4, -0.2) is 35.1 Å². The molecule has 0 aliphatic carbocycles. The molecular weight excluding hydrogens is 384 g/mol. The molecule has 142 valence electrons. The first kappa shape index (κ1) is 19.3. The van der Waals surface area contributed by atoms with Gasteiger partial charge in [-0.25, -0.2) is 9.59 Å². The van der Waals surface area contributed by atoms with E-state index in [1.807, 2.05) is 0 Å². The van der Waals surface area contributed by atoms with Crippen molar-refractivity contribution >= 4 is 22.1 Å². The summed E-state index contributed by atoms with van der Waals surface area (Å²) in [5, 5.41) is 17.9. The van der Waals surface area contributed by atoms with E-state index in [0.29, 0.717) is 16.7 Å². The van der Waals surface area contributed by atoms with E-state index in [1.165, 1.54) is 60.7 Å². The van der Waals surface area contributed by atoms with Gasteiger partial charge in [0.05, 0.1) is 11.1 Å². The van der Waals surface area contributed by atoms with E-state index in [2.05, 4.69) is 0 Å². The Morgan fingerprint density at radius 3 is 1.50 bits per heavy atom. The number of hydrogen-bond donors (Lipinski definition) is 3. The fourth-order valence-corrected chi connectivity index (χ4v) is 3.49. The molecule has 0 amide bonds. The zero-order valence-electron chi connectivity index (χ0n) is 14.2. The third kappa shape index (κ3) is 3.93. The predicted molar refractivity (Wildman–Crippen MR) is 101 cm³/mol. The fourth-order valence-electron chi connectivity index (χ4n) is 2.75. The van der Waals surface area contributed by atoms with Crippen LogP contribution in [0.4, 0.5) is 0 Å². The quantitative estimate of drug-likeness (QED) is 0.559. The molecule has 0 aliphatic rings. The van der Waals surface area contributed by atoms with Gasteiger partial charge < -0.3 is 10.2 Å². The molecule has 3 rings (SSSR count). The molecule has 0 atom stereocenters. The third-order valence-electron chi connectivity index (χ3n) is 4.17. The summed E-state index contributed by atoms with van der Waals surface area (Å²) >= 11 is 0. The lowest BCUT2D eigenvalue weighted by atomic mass is 9.99. The summed E-state index contributed by atoms with van der Waals surface area (Å²) in [6, 6.07) is 15.8. The monoisotopic (exact) mass is 398 g/mol. The van der Waals surface area contributed by atoms with Crippen LogP contribution in [0.2, 0.25) is 0 Å². The van der Waals surface area contributed by atoms with Crippen LogP contribution in [0, 0.1) is 0 Å². The number of carboxylic acids is 2. The van der Waals surface area contributed by atoms with Crippen molar-refractivity contribution in [3.63, 3.8) is 0 Å². The smallest absolute Gasteiger partial charge is 0.335 e. The molecule has 28 heavy (non-hydrogen) atoms. The van der Waals surface area contributed by atoms with Gasteiger partial charge in [0.15, 0.2) is 0 Å². The summed E-state index contributed by atoms with van der Waals surface area (Å²) < 4.78 is 33.5. The lowest BCUT2D eigenvalue weighted by molar-refractivity contribution is 0.0686. The van der Waals surface area contributed by atoms with Gasteiger partial charge in [0, 0.05) is 5.56 Å². The van der Waals surface area contributed by atoms with Crippen molar-refractivity contribution in [3.05, 3.63) is 77.9 Å². The summed E-state index contributed by atoms with van der Waals surface area (Å²) in [4.78, 5) is 21.6. The number of carbonyl (C=O) groups is 2. The highest BCUT2D eigenvalue weighted by Crippen LogP contribution is 2.32.